The van der Waals surface area contributed by atoms with E-state index in [9.17, 15) is 0 Å². The highest BCUT2D eigenvalue weighted by molar-refractivity contribution is 5.80. The molecule has 0 aromatic heterocycles. The molecule has 2 saturated heterocycles. The Hall–Kier alpha value is -0.810. The third-order valence-corrected chi connectivity index (χ3v) is 6.06. The Kier molecular flexibility index (Phi) is 6.84. The normalized spacial score (nSPS) is 29.6. The number of hydrogen-bond acceptors (Lipinski definition) is 3. The maximum atomic E-state index is 6.12. The quantitative estimate of drug-likeness (QED) is 0.582. The van der Waals surface area contributed by atoms with Gasteiger partial charge in [0.15, 0.2) is 5.96 Å². The highest BCUT2D eigenvalue weighted by atomic mass is 16.5. The molecule has 2 N–H and O–H groups in total. The predicted octanol–water partition coefficient (Wildman–Crippen LogP) is 3.01. The molecule has 2 unspecified atom stereocenters. The molecule has 26 heavy (non-hydrogen) atoms. The topological polar surface area (TPSA) is 48.9 Å². The molecular weight excluding hydrogens is 324 g/mol. The molecule has 2 heterocycles. The molecule has 0 amide bonds. The molecule has 3 fully saturated rings. The van der Waals surface area contributed by atoms with Gasteiger partial charge in [0.25, 0.3) is 0 Å². The van der Waals surface area contributed by atoms with Gasteiger partial charge >= 0.3 is 0 Å². The number of ether oxygens (including phenoxy) is 1. The minimum absolute atomic E-state index is 0.183. The van der Waals surface area contributed by atoms with Gasteiger partial charge in [-0.3, -0.25) is 4.99 Å². The smallest absolute Gasteiger partial charge is 0.191 e. The van der Waals surface area contributed by atoms with Crippen LogP contribution in [0.5, 0.6) is 0 Å². The highest BCUT2D eigenvalue weighted by Gasteiger charge is 2.35. The summed E-state index contributed by atoms with van der Waals surface area (Å²) in [7, 11) is 0. The summed E-state index contributed by atoms with van der Waals surface area (Å²) in [6.07, 6.45) is 8.00. The van der Waals surface area contributed by atoms with E-state index in [1.165, 1.54) is 45.2 Å². The average Bonchev–Trinajstić information content (AvgIpc) is 3.45. The van der Waals surface area contributed by atoms with E-state index in [2.05, 4.69) is 43.2 Å². The number of guanidine groups is 1. The zero-order chi connectivity index (χ0) is 18.6. The lowest BCUT2D eigenvalue weighted by atomic mass is 9.78. The maximum Gasteiger partial charge on any atom is 0.191 e. The number of aliphatic imine (C=N–C) groups is 1. The van der Waals surface area contributed by atoms with Crippen LogP contribution in [0.4, 0.5) is 0 Å². The van der Waals surface area contributed by atoms with Crippen molar-refractivity contribution < 1.29 is 4.74 Å². The van der Waals surface area contributed by atoms with Crippen LogP contribution in [0.2, 0.25) is 0 Å². The molecule has 0 radical (unpaired) electrons. The van der Waals surface area contributed by atoms with Crippen molar-refractivity contribution in [2.75, 3.05) is 32.8 Å². The van der Waals surface area contributed by atoms with E-state index in [-0.39, 0.29) is 5.41 Å². The molecule has 0 bridgehead atoms. The van der Waals surface area contributed by atoms with E-state index in [4.69, 9.17) is 9.73 Å². The third-order valence-electron chi connectivity index (χ3n) is 6.06. The van der Waals surface area contributed by atoms with Gasteiger partial charge in [0, 0.05) is 50.8 Å². The fraction of sp³-hybridized carbons (Fsp3) is 0.952. The second-order valence-electron chi connectivity index (χ2n) is 9.47. The Bertz CT molecular complexity index is 461. The van der Waals surface area contributed by atoms with E-state index >= 15 is 0 Å². The van der Waals surface area contributed by atoms with Crippen LogP contribution in [-0.4, -0.2) is 61.8 Å². The number of rotatable bonds is 5. The monoisotopic (exact) mass is 364 g/mol. The maximum absolute atomic E-state index is 6.12. The molecule has 150 valence electrons. The van der Waals surface area contributed by atoms with Crippen molar-refractivity contribution in [1.82, 2.24) is 15.5 Å². The zero-order valence-corrected chi connectivity index (χ0v) is 17.4. The molecule has 0 spiro atoms. The van der Waals surface area contributed by atoms with Crippen LogP contribution >= 0.6 is 0 Å². The first-order valence-electron chi connectivity index (χ1n) is 10.9. The summed E-state index contributed by atoms with van der Waals surface area (Å²) in [6, 6.07) is 1.46. The molecule has 3 rings (SSSR count). The van der Waals surface area contributed by atoms with Crippen molar-refractivity contribution in [3.8, 4) is 0 Å². The molecule has 2 aliphatic heterocycles. The largest absolute Gasteiger partial charge is 0.377 e. The molecular formula is C21H40N4O. The van der Waals surface area contributed by atoms with E-state index < -0.39 is 0 Å². The van der Waals surface area contributed by atoms with Crippen LogP contribution in [-0.2, 0) is 4.74 Å². The number of hydrogen-bond donors (Lipinski definition) is 2. The summed E-state index contributed by atoms with van der Waals surface area (Å²) >= 11 is 0. The van der Waals surface area contributed by atoms with Gasteiger partial charge in [0.1, 0.15) is 0 Å². The van der Waals surface area contributed by atoms with Crippen molar-refractivity contribution in [2.45, 2.75) is 84.4 Å². The predicted molar refractivity (Wildman–Crippen MR) is 109 cm³/mol. The van der Waals surface area contributed by atoms with Crippen LogP contribution in [0.3, 0.4) is 0 Å². The molecule has 5 nitrogen and oxygen atoms in total. The molecule has 2 atom stereocenters. The first-order valence-corrected chi connectivity index (χ1v) is 10.9. The Morgan fingerprint density at radius 1 is 1.12 bits per heavy atom. The van der Waals surface area contributed by atoms with Gasteiger partial charge in [-0.2, -0.15) is 0 Å². The van der Waals surface area contributed by atoms with Gasteiger partial charge in [-0.1, -0.05) is 20.8 Å². The van der Waals surface area contributed by atoms with Crippen molar-refractivity contribution in [2.24, 2.45) is 16.3 Å². The lowest BCUT2D eigenvalue weighted by molar-refractivity contribution is -0.0823. The van der Waals surface area contributed by atoms with Crippen LogP contribution in [0, 0.1) is 11.3 Å². The number of piperidine rings is 1. The Labute approximate surface area is 160 Å². The van der Waals surface area contributed by atoms with E-state index in [0.29, 0.717) is 18.1 Å². The van der Waals surface area contributed by atoms with Crippen LogP contribution in [0.15, 0.2) is 4.99 Å². The van der Waals surface area contributed by atoms with Gasteiger partial charge in [-0.25, -0.2) is 0 Å². The minimum atomic E-state index is 0.183. The second kappa shape index (κ2) is 8.92. The van der Waals surface area contributed by atoms with Gasteiger partial charge in [0.05, 0.1) is 6.10 Å². The Balaban J connectivity index is 1.52. The van der Waals surface area contributed by atoms with Crippen LogP contribution in [0.1, 0.15) is 66.2 Å². The zero-order valence-electron chi connectivity index (χ0n) is 17.4. The minimum Gasteiger partial charge on any atom is -0.377 e. The first-order chi connectivity index (χ1) is 12.5. The fourth-order valence-electron chi connectivity index (χ4n) is 4.56. The molecule has 3 aliphatic rings. The third kappa shape index (κ3) is 5.59. The van der Waals surface area contributed by atoms with Crippen molar-refractivity contribution >= 4 is 5.96 Å². The van der Waals surface area contributed by atoms with Gasteiger partial charge in [0.2, 0.25) is 0 Å². The lowest BCUT2D eigenvalue weighted by Gasteiger charge is -2.39. The highest BCUT2D eigenvalue weighted by Crippen LogP contribution is 2.34. The van der Waals surface area contributed by atoms with E-state index in [1.54, 1.807) is 0 Å². The van der Waals surface area contributed by atoms with E-state index in [0.717, 1.165) is 38.1 Å². The summed E-state index contributed by atoms with van der Waals surface area (Å²) in [6.45, 7) is 14.2. The molecule has 0 aromatic rings. The SMILES string of the molecule is CCNC(=NCC1CCCOC1C(C)(C)C)NC1CCN(C2CC2)CC1. The van der Waals surface area contributed by atoms with Crippen molar-refractivity contribution in [3.63, 3.8) is 0 Å². The summed E-state index contributed by atoms with van der Waals surface area (Å²) in [5, 5.41) is 7.16. The summed E-state index contributed by atoms with van der Waals surface area (Å²) in [5.74, 6) is 1.52. The summed E-state index contributed by atoms with van der Waals surface area (Å²) in [5.41, 5.74) is 0.183. The van der Waals surface area contributed by atoms with Crippen LogP contribution in [0.25, 0.3) is 0 Å². The molecule has 1 aliphatic carbocycles. The van der Waals surface area contributed by atoms with Gasteiger partial charge < -0.3 is 20.3 Å². The average molecular weight is 365 g/mol. The molecule has 1 saturated carbocycles. The first kappa shape index (κ1) is 19.9. The molecule has 0 aromatic carbocycles. The van der Waals surface area contributed by atoms with Crippen molar-refractivity contribution in [1.29, 1.82) is 0 Å². The number of nitrogens with one attached hydrogen (secondary N) is 2. The number of nitrogens with zero attached hydrogens (tertiary/aromatic N) is 2. The Morgan fingerprint density at radius 3 is 2.46 bits per heavy atom. The van der Waals surface area contributed by atoms with Gasteiger partial charge in [-0.15, -0.1) is 0 Å². The molecule has 5 heteroatoms. The second-order valence-corrected chi connectivity index (χ2v) is 9.47. The summed E-state index contributed by atoms with van der Waals surface area (Å²) < 4.78 is 6.12. The lowest BCUT2D eigenvalue weighted by Crippen LogP contribution is -2.49. The van der Waals surface area contributed by atoms with Crippen LogP contribution < -0.4 is 10.6 Å². The standard InChI is InChI=1S/C21H40N4O/c1-5-22-20(24-17-10-12-25(13-11-17)18-8-9-18)23-15-16-7-6-14-26-19(16)21(2,3)4/h16-19H,5-15H2,1-4H3,(H2,22,23,24). The van der Waals surface area contributed by atoms with Gasteiger partial charge in [-0.05, 0) is 50.9 Å². The van der Waals surface area contributed by atoms with E-state index in [1.807, 2.05) is 0 Å². The Morgan fingerprint density at radius 2 is 1.85 bits per heavy atom. The fourth-order valence-corrected chi connectivity index (χ4v) is 4.56. The summed E-state index contributed by atoms with van der Waals surface area (Å²) in [4.78, 5) is 7.64. The number of likely N-dealkylation sites (tertiary alicyclic amines) is 1. The van der Waals surface area contributed by atoms with Crippen molar-refractivity contribution in [3.05, 3.63) is 0 Å².